The Kier molecular flexibility index (Phi) is 4.78. The van der Waals surface area contributed by atoms with E-state index in [9.17, 15) is 12.8 Å². The number of hydrogen-bond donors (Lipinski definition) is 0. The third-order valence-corrected chi connectivity index (χ3v) is 5.77. The number of likely N-dealkylation sites (N-methyl/N-ethyl adjacent to an activating group) is 1. The van der Waals surface area contributed by atoms with Crippen molar-refractivity contribution in [3.8, 4) is 0 Å². The smallest absolute Gasteiger partial charge is 0.214 e. The van der Waals surface area contributed by atoms with Crippen molar-refractivity contribution < 1.29 is 12.8 Å². The standard InChI is InChI=1S/C14H21FN2O2S/c1-3-10-20(18,19)17-9-8-16(2)14(11-17)12-6-4-5-7-13(12)15/h4-7,14H,3,8-11H2,1-2H3. The zero-order chi connectivity index (χ0) is 14.8. The topological polar surface area (TPSA) is 40.6 Å². The van der Waals surface area contributed by atoms with E-state index in [4.69, 9.17) is 0 Å². The summed E-state index contributed by atoms with van der Waals surface area (Å²) in [4.78, 5) is 2.01. The van der Waals surface area contributed by atoms with Crippen molar-refractivity contribution in [2.45, 2.75) is 19.4 Å². The molecule has 0 radical (unpaired) electrons. The van der Waals surface area contributed by atoms with Crippen molar-refractivity contribution in [2.24, 2.45) is 0 Å². The Morgan fingerprint density at radius 2 is 2.00 bits per heavy atom. The van der Waals surface area contributed by atoms with Crippen LogP contribution in [0, 0.1) is 5.82 Å². The van der Waals surface area contributed by atoms with E-state index in [1.165, 1.54) is 10.4 Å². The summed E-state index contributed by atoms with van der Waals surface area (Å²) in [6.07, 6.45) is 0.596. The molecule has 0 amide bonds. The molecule has 0 saturated carbocycles. The third-order valence-electron chi connectivity index (χ3n) is 3.73. The van der Waals surface area contributed by atoms with E-state index in [-0.39, 0.29) is 17.6 Å². The summed E-state index contributed by atoms with van der Waals surface area (Å²) in [7, 11) is -1.32. The minimum atomic E-state index is -3.23. The van der Waals surface area contributed by atoms with Crippen molar-refractivity contribution in [3.63, 3.8) is 0 Å². The van der Waals surface area contributed by atoms with E-state index >= 15 is 0 Å². The van der Waals surface area contributed by atoms with Gasteiger partial charge in [-0.05, 0) is 19.5 Å². The Hall–Kier alpha value is -0.980. The van der Waals surface area contributed by atoms with E-state index in [0.717, 1.165) is 0 Å². The second kappa shape index (κ2) is 6.20. The highest BCUT2D eigenvalue weighted by Crippen LogP contribution is 2.27. The third kappa shape index (κ3) is 3.19. The lowest BCUT2D eigenvalue weighted by Crippen LogP contribution is -2.49. The normalized spacial score (nSPS) is 22.1. The molecule has 112 valence electrons. The van der Waals surface area contributed by atoms with Crippen LogP contribution in [0.2, 0.25) is 0 Å². The van der Waals surface area contributed by atoms with Gasteiger partial charge < -0.3 is 0 Å². The molecule has 1 aromatic carbocycles. The highest BCUT2D eigenvalue weighted by atomic mass is 32.2. The fraction of sp³-hybridized carbons (Fsp3) is 0.571. The van der Waals surface area contributed by atoms with Gasteiger partial charge in [-0.3, -0.25) is 4.90 Å². The van der Waals surface area contributed by atoms with Gasteiger partial charge in [0.1, 0.15) is 5.82 Å². The number of halogens is 1. The molecular weight excluding hydrogens is 279 g/mol. The predicted molar refractivity (Wildman–Crippen MR) is 77.4 cm³/mol. The molecule has 1 atom stereocenters. The first-order chi connectivity index (χ1) is 9.45. The molecule has 2 rings (SSSR count). The SMILES string of the molecule is CCCS(=O)(=O)N1CCN(C)C(c2ccccc2F)C1. The molecule has 4 nitrogen and oxygen atoms in total. The van der Waals surface area contributed by atoms with Crippen molar-refractivity contribution in [3.05, 3.63) is 35.6 Å². The van der Waals surface area contributed by atoms with Gasteiger partial charge in [0.15, 0.2) is 0 Å². The van der Waals surface area contributed by atoms with Crippen LogP contribution in [-0.4, -0.2) is 50.1 Å². The first kappa shape index (κ1) is 15.4. The van der Waals surface area contributed by atoms with Crippen molar-refractivity contribution in [1.29, 1.82) is 0 Å². The molecule has 0 aromatic heterocycles. The number of sulfonamides is 1. The van der Waals surface area contributed by atoms with Crippen molar-refractivity contribution in [2.75, 3.05) is 32.4 Å². The second-order valence-corrected chi connectivity index (χ2v) is 7.28. The average Bonchev–Trinajstić information content (AvgIpc) is 2.40. The maximum atomic E-state index is 13.9. The van der Waals surface area contributed by atoms with Crippen LogP contribution in [0.25, 0.3) is 0 Å². The Balaban J connectivity index is 2.24. The largest absolute Gasteiger partial charge is 0.297 e. The van der Waals surface area contributed by atoms with Crippen LogP contribution in [0.3, 0.4) is 0 Å². The minimum absolute atomic E-state index is 0.153. The monoisotopic (exact) mass is 300 g/mol. The minimum Gasteiger partial charge on any atom is -0.297 e. The van der Waals surface area contributed by atoms with Gasteiger partial charge in [0, 0.05) is 25.2 Å². The van der Waals surface area contributed by atoms with Gasteiger partial charge in [0.2, 0.25) is 10.0 Å². The average molecular weight is 300 g/mol. The fourth-order valence-electron chi connectivity index (χ4n) is 2.57. The van der Waals surface area contributed by atoms with Gasteiger partial charge in [0.25, 0.3) is 0 Å². The Morgan fingerprint density at radius 1 is 1.30 bits per heavy atom. The molecule has 0 spiro atoms. The predicted octanol–water partition coefficient (Wildman–Crippen LogP) is 1.85. The van der Waals surface area contributed by atoms with Gasteiger partial charge in [-0.25, -0.2) is 12.8 Å². The molecule has 1 unspecified atom stereocenters. The Bertz CT molecular complexity index is 562. The maximum Gasteiger partial charge on any atom is 0.214 e. The van der Waals surface area contributed by atoms with Crippen LogP contribution in [0.5, 0.6) is 0 Å². The molecule has 1 aliphatic heterocycles. The highest BCUT2D eigenvalue weighted by Gasteiger charge is 2.32. The van der Waals surface area contributed by atoms with Gasteiger partial charge in [0.05, 0.1) is 11.8 Å². The van der Waals surface area contributed by atoms with Crippen LogP contribution in [0.1, 0.15) is 24.9 Å². The van der Waals surface area contributed by atoms with Crippen LogP contribution >= 0.6 is 0 Å². The lowest BCUT2D eigenvalue weighted by Gasteiger charge is -2.39. The van der Waals surface area contributed by atoms with Gasteiger partial charge >= 0.3 is 0 Å². The fourth-order valence-corrected chi connectivity index (χ4v) is 4.07. The van der Waals surface area contributed by atoms with Crippen molar-refractivity contribution in [1.82, 2.24) is 9.21 Å². The first-order valence-electron chi connectivity index (χ1n) is 6.88. The molecule has 0 N–H and O–H groups in total. The number of nitrogens with zero attached hydrogens (tertiary/aromatic N) is 2. The molecule has 20 heavy (non-hydrogen) atoms. The van der Waals surface area contributed by atoms with Gasteiger partial charge in [-0.2, -0.15) is 4.31 Å². The van der Waals surface area contributed by atoms with Crippen molar-refractivity contribution >= 4 is 10.0 Å². The van der Waals surface area contributed by atoms with Crippen LogP contribution in [0.4, 0.5) is 4.39 Å². The summed E-state index contributed by atoms with van der Waals surface area (Å²) in [5, 5.41) is 0. The van der Waals surface area contributed by atoms with E-state index in [1.54, 1.807) is 18.2 Å². The lowest BCUT2D eigenvalue weighted by molar-refractivity contribution is 0.145. The van der Waals surface area contributed by atoms with Gasteiger partial charge in [-0.15, -0.1) is 0 Å². The zero-order valence-electron chi connectivity index (χ0n) is 11.9. The molecule has 1 aliphatic rings. The maximum absolute atomic E-state index is 13.9. The summed E-state index contributed by atoms with van der Waals surface area (Å²) in [5.41, 5.74) is 0.561. The molecule has 6 heteroatoms. The lowest BCUT2D eigenvalue weighted by atomic mass is 10.0. The van der Waals surface area contributed by atoms with E-state index in [2.05, 4.69) is 0 Å². The van der Waals surface area contributed by atoms with Crippen LogP contribution in [0.15, 0.2) is 24.3 Å². The first-order valence-corrected chi connectivity index (χ1v) is 8.49. The quantitative estimate of drug-likeness (QED) is 0.852. The summed E-state index contributed by atoms with van der Waals surface area (Å²) in [6, 6.07) is 6.35. The molecular formula is C14H21FN2O2S. The van der Waals surface area contributed by atoms with E-state index in [1.807, 2.05) is 18.9 Å². The van der Waals surface area contributed by atoms with Crippen LogP contribution in [-0.2, 0) is 10.0 Å². The number of hydrogen-bond acceptors (Lipinski definition) is 3. The molecule has 1 fully saturated rings. The molecule has 1 heterocycles. The number of benzene rings is 1. The molecule has 0 bridgehead atoms. The zero-order valence-corrected chi connectivity index (χ0v) is 12.7. The summed E-state index contributed by atoms with van der Waals surface area (Å²) < 4.78 is 39.8. The van der Waals surface area contributed by atoms with E-state index in [0.29, 0.717) is 31.6 Å². The summed E-state index contributed by atoms with van der Waals surface area (Å²) in [5.74, 6) is -0.125. The molecule has 1 aromatic rings. The summed E-state index contributed by atoms with van der Waals surface area (Å²) in [6.45, 7) is 3.26. The highest BCUT2D eigenvalue weighted by molar-refractivity contribution is 7.89. The molecule has 0 aliphatic carbocycles. The number of rotatable bonds is 4. The molecule has 1 saturated heterocycles. The number of piperazine rings is 1. The summed E-state index contributed by atoms with van der Waals surface area (Å²) >= 11 is 0. The Morgan fingerprint density at radius 3 is 2.65 bits per heavy atom. The van der Waals surface area contributed by atoms with E-state index < -0.39 is 10.0 Å². The van der Waals surface area contributed by atoms with Gasteiger partial charge in [-0.1, -0.05) is 25.1 Å². The Labute approximate surface area is 120 Å². The van der Waals surface area contributed by atoms with Crippen LogP contribution < -0.4 is 0 Å². The second-order valence-electron chi connectivity index (χ2n) is 5.19.